The zero-order chi connectivity index (χ0) is 16.7. The standard InChI is InChI=1S/C17H9BrF2N4/c18-9-6-11(19)15-14(7-9)22-8-23-17(15)24-13-4-3-12-10(16(13)20)2-1-5-21-12/h1-8H,(H,22,23,24). The minimum atomic E-state index is -0.495. The van der Waals surface area contributed by atoms with Crippen molar-refractivity contribution in [2.75, 3.05) is 5.32 Å². The summed E-state index contributed by atoms with van der Waals surface area (Å²) in [7, 11) is 0. The normalized spacial score (nSPS) is 11.1. The Balaban J connectivity index is 1.87. The first kappa shape index (κ1) is 14.9. The molecule has 0 spiro atoms. The molecule has 4 rings (SSSR count). The lowest BCUT2D eigenvalue weighted by atomic mass is 10.1. The summed E-state index contributed by atoms with van der Waals surface area (Å²) in [6.07, 6.45) is 2.90. The zero-order valence-corrected chi connectivity index (χ0v) is 13.7. The molecule has 4 nitrogen and oxygen atoms in total. The van der Waals surface area contributed by atoms with Gasteiger partial charge in [0.25, 0.3) is 0 Å². The van der Waals surface area contributed by atoms with Crippen LogP contribution < -0.4 is 5.32 Å². The molecule has 118 valence electrons. The highest BCUT2D eigenvalue weighted by molar-refractivity contribution is 9.10. The van der Waals surface area contributed by atoms with Gasteiger partial charge in [-0.25, -0.2) is 18.7 Å². The van der Waals surface area contributed by atoms with Crippen LogP contribution in [-0.4, -0.2) is 15.0 Å². The molecular formula is C17H9BrF2N4. The van der Waals surface area contributed by atoms with Gasteiger partial charge in [-0.2, -0.15) is 0 Å². The molecular weight excluding hydrogens is 378 g/mol. The first-order valence-corrected chi connectivity index (χ1v) is 7.83. The molecule has 7 heteroatoms. The molecule has 4 aromatic rings. The number of anilines is 2. The molecule has 2 heterocycles. The number of benzene rings is 2. The monoisotopic (exact) mass is 386 g/mol. The highest BCUT2D eigenvalue weighted by Crippen LogP contribution is 2.30. The van der Waals surface area contributed by atoms with Gasteiger partial charge in [-0.3, -0.25) is 4.98 Å². The molecule has 0 bridgehead atoms. The summed E-state index contributed by atoms with van der Waals surface area (Å²) in [6.45, 7) is 0. The van der Waals surface area contributed by atoms with Crippen LogP contribution in [0.3, 0.4) is 0 Å². The summed E-state index contributed by atoms with van der Waals surface area (Å²) in [5.74, 6) is -0.762. The van der Waals surface area contributed by atoms with Gasteiger partial charge >= 0.3 is 0 Å². The van der Waals surface area contributed by atoms with Gasteiger partial charge in [0.15, 0.2) is 5.82 Å². The predicted molar refractivity (Wildman–Crippen MR) is 92.2 cm³/mol. The van der Waals surface area contributed by atoms with Gasteiger partial charge in [0.05, 0.1) is 22.1 Å². The molecule has 0 radical (unpaired) electrons. The number of hydrogen-bond acceptors (Lipinski definition) is 4. The Morgan fingerprint density at radius 1 is 0.958 bits per heavy atom. The molecule has 0 aliphatic carbocycles. The van der Waals surface area contributed by atoms with E-state index in [0.717, 1.165) is 0 Å². The minimum Gasteiger partial charge on any atom is -0.337 e. The van der Waals surface area contributed by atoms with Crippen LogP contribution in [0.1, 0.15) is 0 Å². The van der Waals surface area contributed by atoms with Crippen LogP contribution in [-0.2, 0) is 0 Å². The number of nitrogens with one attached hydrogen (secondary N) is 1. The van der Waals surface area contributed by atoms with Crippen molar-refractivity contribution in [1.82, 2.24) is 15.0 Å². The summed E-state index contributed by atoms with van der Waals surface area (Å²) >= 11 is 3.23. The molecule has 0 atom stereocenters. The molecule has 2 aromatic heterocycles. The number of aromatic nitrogens is 3. The van der Waals surface area contributed by atoms with Crippen LogP contribution in [0.2, 0.25) is 0 Å². The first-order valence-electron chi connectivity index (χ1n) is 7.03. The van der Waals surface area contributed by atoms with E-state index >= 15 is 0 Å². The van der Waals surface area contributed by atoms with Crippen LogP contribution in [0.25, 0.3) is 21.8 Å². The highest BCUT2D eigenvalue weighted by atomic mass is 79.9. The van der Waals surface area contributed by atoms with Gasteiger partial charge in [-0.05, 0) is 36.4 Å². The maximum atomic E-state index is 14.7. The third kappa shape index (κ3) is 2.46. The van der Waals surface area contributed by atoms with Gasteiger partial charge in [0.1, 0.15) is 18.0 Å². The summed E-state index contributed by atoms with van der Waals surface area (Å²) in [4.78, 5) is 12.2. The molecule has 0 aliphatic rings. The fourth-order valence-corrected chi connectivity index (χ4v) is 2.96. The molecule has 1 N–H and O–H groups in total. The van der Waals surface area contributed by atoms with Crippen LogP contribution in [0.5, 0.6) is 0 Å². The number of fused-ring (bicyclic) bond motifs is 2. The summed E-state index contributed by atoms with van der Waals surface area (Å²) < 4.78 is 29.6. The van der Waals surface area contributed by atoms with Crippen molar-refractivity contribution in [2.24, 2.45) is 0 Å². The van der Waals surface area contributed by atoms with Crippen LogP contribution >= 0.6 is 15.9 Å². The summed E-state index contributed by atoms with van der Waals surface area (Å²) in [5.41, 5.74) is 1.16. The van der Waals surface area contributed by atoms with Crippen molar-refractivity contribution in [3.8, 4) is 0 Å². The van der Waals surface area contributed by atoms with Crippen LogP contribution in [0, 0.1) is 11.6 Å². The summed E-state index contributed by atoms with van der Waals surface area (Å²) in [5, 5.41) is 3.44. The zero-order valence-electron chi connectivity index (χ0n) is 12.1. The number of halogens is 3. The Labute approximate surface area is 143 Å². The number of pyridine rings is 1. The minimum absolute atomic E-state index is 0.192. The van der Waals surface area contributed by atoms with Crippen LogP contribution in [0.4, 0.5) is 20.3 Å². The molecule has 0 amide bonds. The molecule has 2 aromatic carbocycles. The van der Waals surface area contributed by atoms with E-state index in [0.29, 0.717) is 20.9 Å². The molecule has 0 saturated carbocycles. The summed E-state index contributed by atoms with van der Waals surface area (Å²) in [6, 6.07) is 9.53. The fourth-order valence-electron chi connectivity index (χ4n) is 2.54. The maximum absolute atomic E-state index is 14.7. The van der Waals surface area contributed by atoms with E-state index in [1.165, 1.54) is 12.4 Å². The highest BCUT2D eigenvalue weighted by Gasteiger charge is 2.13. The van der Waals surface area contributed by atoms with Crippen LogP contribution in [0.15, 0.2) is 53.4 Å². The number of hydrogen-bond donors (Lipinski definition) is 1. The second-order valence-corrected chi connectivity index (χ2v) is 6.04. The Bertz CT molecular complexity index is 1080. The van der Waals surface area contributed by atoms with Crippen molar-refractivity contribution in [1.29, 1.82) is 0 Å². The Morgan fingerprint density at radius 3 is 2.71 bits per heavy atom. The lowest BCUT2D eigenvalue weighted by Crippen LogP contribution is -2.00. The molecule has 0 saturated heterocycles. The van der Waals surface area contributed by atoms with Gasteiger partial charge in [0.2, 0.25) is 0 Å². The largest absolute Gasteiger partial charge is 0.337 e. The van der Waals surface area contributed by atoms with E-state index in [1.807, 2.05) is 0 Å². The van der Waals surface area contributed by atoms with Gasteiger partial charge in [-0.1, -0.05) is 15.9 Å². The van der Waals surface area contributed by atoms with Gasteiger partial charge in [0, 0.05) is 16.1 Å². The van der Waals surface area contributed by atoms with E-state index in [1.54, 1.807) is 36.5 Å². The Hall–Kier alpha value is -2.67. The quantitative estimate of drug-likeness (QED) is 0.528. The van der Waals surface area contributed by atoms with Crippen molar-refractivity contribution >= 4 is 49.2 Å². The first-order chi connectivity index (χ1) is 11.6. The lowest BCUT2D eigenvalue weighted by molar-refractivity contribution is 0.637. The van der Waals surface area contributed by atoms with E-state index in [9.17, 15) is 8.78 Å². The lowest BCUT2D eigenvalue weighted by Gasteiger charge is -2.11. The van der Waals surface area contributed by atoms with Crippen molar-refractivity contribution in [2.45, 2.75) is 0 Å². The predicted octanol–water partition coefficient (Wildman–Crippen LogP) is 4.96. The fraction of sp³-hybridized carbons (Fsp3) is 0. The van der Waals surface area contributed by atoms with Crippen molar-refractivity contribution in [3.63, 3.8) is 0 Å². The van der Waals surface area contributed by atoms with E-state index in [4.69, 9.17) is 0 Å². The topological polar surface area (TPSA) is 50.7 Å². The molecule has 24 heavy (non-hydrogen) atoms. The maximum Gasteiger partial charge on any atom is 0.156 e. The van der Waals surface area contributed by atoms with Gasteiger partial charge in [-0.15, -0.1) is 0 Å². The van der Waals surface area contributed by atoms with Crippen molar-refractivity contribution in [3.05, 3.63) is 65.0 Å². The third-order valence-electron chi connectivity index (χ3n) is 3.63. The second kappa shape index (κ2) is 5.76. The number of rotatable bonds is 2. The number of nitrogens with zero attached hydrogens (tertiary/aromatic N) is 3. The van der Waals surface area contributed by atoms with E-state index < -0.39 is 11.6 Å². The SMILES string of the molecule is Fc1c(Nc2ncnc3cc(Br)cc(F)c23)ccc2ncccc12. The Morgan fingerprint density at radius 2 is 1.83 bits per heavy atom. The average Bonchev–Trinajstić information content (AvgIpc) is 2.57. The van der Waals surface area contributed by atoms with Crippen molar-refractivity contribution < 1.29 is 8.78 Å². The smallest absolute Gasteiger partial charge is 0.156 e. The second-order valence-electron chi connectivity index (χ2n) is 5.13. The molecule has 0 unspecified atom stereocenters. The van der Waals surface area contributed by atoms with E-state index in [2.05, 4.69) is 36.2 Å². The Kier molecular flexibility index (Phi) is 3.57. The van der Waals surface area contributed by atoms with Gasteiger partial charge < -0.3 is 5.32 Å². The molecule has 0 fully saturated rings. The molecule has 0 aliphatic heterocycles. The third-order valence-corrected chi connectivity index (χ3v) is 4.08. The average molecular weight is 387 g/mol. The van der Waals surface area contributed by atoms with E-state index in [-0.39, 0.29) is 16.9 Å².